The molecule has 0 spiro atoms. The summed E-state index contributed by atoms with van der Waals surface area (Å²) >= 11 is 0. The summed E-state index contributed by atoms with van der Waals surface area (Å²) < 4.78 is 10.5. The Kier molecular flexibility index (Phi) is 4.41. The summed E-state index contributed by atoms with van der Waals surface area (Å²) in [7, 11) is 3.28. The lowest BCUT2D eigenvalue weighted by Gasteiger charge is -2.16. The Balaban J connectivity index is 2.04. The van der Waals surface area contributed by atoms with Crippen LogP contribution in [0, 0.1) is 0 Å². The average molecular weight is 261 g/mol. The van der Waals surface area contributed by atoms with Gasteiger partial charge < -0.3 is 14.8 Å². The molecule has 1 unspecified atom stereocenters. The van der Waals surface area contributed by atoms with Gasteiger partial charge in [0.15, 0.2) is 11.5 Å². The molecule has 1 heterocycles. The fourth-order valence-electron chi connectivity index (χ4n) is 1.89. The summed E-state index contributed by atoms with van der Waals surface area (Å²) in [6.07, 6.45) is 3.70. The van der Waals surface area contributed by atoms with Gasteiger partial charge in [-0.3, -0.25) is 5.10 Å². The molecule has 0 aliphatic rings. The van der Waals surface area contributed by atoms with E-state index in [0.717, 1.165) is 29.2 Å². The van der Waals surface area contributed by atoms with Crippen molar-refractivity contribution in [1.29, 1.82) is 0 Å². The smallest absolute Gasteiger partial charge is 0.161 e. The fourth-order valence-corrected chi connectivity index (χ4v) is 1.89. The van der Waals surface area contributed by atoms with Gasteiger partial charge in [-0.1, -0.05) is 6.07 Å². The maximum absolute atomic E-state index is 5.31. The molecule has 2 aromatic rings. The third kappa shape index (κ3) is 3.26. The third-order valence-electron chi connectivity index (χ3n) is 3.07. The van der Waals surface area contributed by atoms with Gasteiger partial charge in [0.25, 0.3) is 0 Å². The quantitative estimate of drug-likeness (QED) is 0.837. The zero-order valence-electron chi connectivity index (χ0n) is 11.4. The summed E-state index contributed by atoms with van der Waals surface area (Å²) in [6.45, 7) is 2.88. The van der Waals surface area contributed by atoms with Crippen LogP contribution in [-0.4, -0.2) is 24.4 Å². The average Bonchev–Trinajstić information content (AvgIpc) is 2.97. The summed E-state index contributed by atoms with van der Waals surface area (Å²) in [6, 6.07) is 6.17. The molecule has 5 heteroatoms. The van der Waals surface area contributed by atoms with Crippen molar-refractivity contribution in [3.63, 3.8) is 0 Å². The minimum absolute atomic E-state index is 0.217. The molecular weight excluding hydrogens is 242 g/mol. The first kappa shape index (κ1) is 13.4. The molecule has 5 nitrogen and oxygen atoms in total. The number of hydrogen-bond acceptors (Lipinski definition) is 4. The van der Waals surface area contributed by atoms with Crippen molar-refractivity contribution in [3.05, 3.63) is 41.7 Å². The van der Waals surface area contributed by atoms with Crippen LogP contribution in [0.3, 0.4) is 0 Å². The van der Waals surface area contributed by atoms with E-state index < -0.39 is 0 Å². The Morgan fingerprint density at radius 3 is 2.68 bits per heavy atom. The highest BCUT2D eigenvalue weighted by molar-refractivity contribution is 5.43. The van der Waals surface area contributed by atoms with E-state index in [9.17, 15) is 0 Å². The number of ether oxygens (including phenoxy) is 2. The molecule has 1 aromatic heterocycles. The summed E-state index contributed by atoms with van der Waals surface area (Å²) in [5, 5.41) is 10.2. The number of aromatic amines is 1. The number of hydrogen-bond donors (Lipinski definition) is 2. The molecule has 0 fully saturated rings. The lowest BCUT2D eigenvalue weighted by Crippen LogP contribution is -2.17. The molecule has 1 atom stereocenters. The van der Waals surface area contributed by atoms with E-state index in [0.29, 0.717) is 0 Å². The number of aromatic nitrogens is 2. The van der Waals surface area contributed by atoms with Crippen LogP contribution in [0.4, 0.5) is 0 Å². The fraction of sp³-hybridized carbons (Fsp3) is 0.357. The van der Waals surface area contributed by atoms with Gasteiger partial charge in [-0.2, -0.15) is 5.10 Å². The number of nitrogens with one attached hydrogen (secondary N) is 2. The molecule has 0 saturated heterocycles. The lowest BCUT2D eigenvalue weighted by molar-refractivity contribution is 0.354. The van der Waals surface area contributed by atoms with E-state index in [4.69, 9.17) is 9.47 Å². The van der Waals surface area contributed by atoms with Crippen molar-refractivity contribution < 1.29 is 9.47 Å². The molecule has 0 aliphatic carbocycles. The number of methoxy groups -OCH3 is 2. The van der Waals surface area contributed by atoms with Gasteiger partial charge in [0.05, 0.1) is 20.4 Å². The van der Waals surface area contributed by atoms with Crippen molar-refractivity contribution in [1.82, 2.24) is 15.5 Å². The van der Waals surface area contributed by atoms with Gasteiger partial charge in [0.1, 0.15) is 0 Å². The molecular formula is C14H19N3O2. The Labute approximate surface area is 112 Å². The highest BCUT2D eigenvalue weighted by Crippen LogP contribution is 2.29. The van der Waals surface area contributed by atoms with E-state index in [-0.39, 0.29) is 6.04 Å². The van der Waals surface area contributed by atoms with Crippen molar-refractivity contribution >= 4 is 0 Å². The van der Waals surface area contributed by atoms with E-state index in [1.165, 1.54) is 0 Å². The van der Waals surface area contributed by atoms with E-state index in [2.05, 4.69) is 22.4 Å². The maximum atomic E-state index is 5.31. The van der Waals surface area contributed by atoms with Gasteiger partial charge in [0.2, 0.25) is 0 Å². The summed E-state index contributed by atoms with van der Waals surface area (Å²) in [5.41, 5.74) is 2.29. The Bertz CT molecular complexity index is 511. The van der Waals surface area contributed by atoms with Crippen LogP contribution < -0.4 is 14.8 Å². The SMILES string of the molecule is COc1ccc(C(C)NCc2cn[nH]c2)cc1OC. The second-order valence-corrected chi connectivity index (χ2v) is 4.32. The molecule has 0 bridgehead atoms. The summed E-state index contributed by atoms with van der Waals surface area (Å²) in [5.74, 6) is 1.49. The minimum Gasteiger partial charge on any atom is -0.493 e. The predicted octanol–water partition coefficient (Wildman–Crippen LogP) is 2.28. The molecule has 0 radical (unpaired) electrons. The normalized spacial score (nSPS) is 12.2. The Morgan fingerprint density at radius 1 is 1.26 bits per heavy atom. The van der Waals surface area contributed by atoms with Crippen LogP contribution in [0.2, 0.25) is 0 Å². The van der Waals surface area contributed by atoms with Gasteiger partial charge in [-0.15, -0.1) is 0 Å². The zero-order chi connectivity index (χ0) is 13.7. The molecule has 19 heavy (non-hydrogen) atoms. The molecule has 1 aromatic carbocycles. The van der Waals surface area contributed by atoms with Gasteiger partial charge in [0, 0.05) is 24.3 Å². The predicted molar refractivity (Wildman–Crippen MR) is 73.4 cm³/mol. The topological polar surface area (TPSA) is 59.2 Å². The number of H-pyrrole nitrogens is 1. The first-order chi connectivity index (χ1) is 9.24. The number of nitrogens with zero attached hydrogens (tertiary/aromatic N) is 1. The molecule has 2 rings (SSSR count). The molecule has 0 saturated carbocycles. The lowest BCUT2D eigenvalue weighted by atomic mass is 10.1. The molecule has 0 aliphatic heterocycles. The van der Waals surface area contributed by atoms with E-state index in [1.807, 2.05) is 30.6 Å². The van der Waals surface area contributed by atoms with Crippen molar-refractivity contribution in [2.75, 3.05) is 14.2 Å². The molecule has 102 valence electrons. The molecule has 0 amide bonds. The Hall–Kier alpha value is -2.01. The van der Waals surface area contributed by atoms with Crippen LogP contribution in [0.1, 0.15) is 24.1 Å². The van der Waals surface area contributed by atoms with Crippen molar-refractivity contribution in [2.45, 2.75) is 19.5 Å². The van der Waals surface area contributed by atoms with E-state index in [1.54, 1.807) is 14.2 Å². The Morgan fingerprint density at radius 2 is 2.05 bits per heavy atom. The maximum Gasteiger partial charge on any atom is 0.161 e. The third-order valence-corrected chi connectivity index (χ3v) is 3.07. The summed E-state index contributed by atoms with van der Waals surface area (Å²) in [4.78, 5) is 0. The second kappa shape index (κ2) is 6.24. The van der Waals surface area contributed by atoms with Crippen molar-refractivity contribution in [2.24, 2.45) is 0 Å². The van der Waals surface area contributed by atoms with Crippen LogP contribution in [-0.2, 0) is 6.54 Å². The minimum atomic E-state index is 0.217. The number of rotatable bonds is 6. The monoisotopic (exact) mass is 261 g/mol. The van der Waals surface area contributed by atoms with Crippen LogP contribution >= 0.6 is 0 Å². The standard InChI is InChI=1S/C14H19N3O2/c1-10(15-7-11-8-16-17-9-11)12-4-5-13(18-2)14(6-12)19-3/h4-6,8-10,15H,7H2,1-3H3,(H,16,17). The second-order valence-electron chi connectivity index (χ2n) is 4.32. The van der Waals surface area contributed by atoms with Gasteiger partial charge in [-0.05, 0) is 24.6 Å². The van der Waals surface area contributed by atoms with Crippen molar-refractivity contribution in [3.8, 4) is 11.5 Å². The van der Waals surface area contributed by atoms with E-state index >= 15 is 0 Å². The van der Waals surface area contributed by atoms with Crippen LogP contribution in [0.25, 0.3) is 0 Å². The van der Waals surface area contributed by atoms with Gasteiger partial charge in [-0.25, -0.2) is 0 Å². The van der Waals surface area contributed by atoms with Gasteiger partial charge >= 0.3 is 0 Å². The van der Waals surface area contributed by atoms with Crippen LogP contribution in [0.15, 0.2) is 30.6 Å². The first-order valence-electron chi connectivity index (χ1n) is 6.17. The largest absolute Gasteiger partial charge is 0.493 e. The zero-order valence-corrected chi connectivity index (χ0v) is 11.4. The molecule has 2 N–H and O–H groups in total. The number of benzene rings is 1. The van der Waals surface area contributed by atoms with Crippen LogP contribution in [0.5, 0.6) is 11.5 Å². The highest BCUT2D eigenvalue weighted by atomic mass is 16.5. The highest BCUT2D eigenvalue weighted by Gasteiger charge is 2.10. The first-order valence-corrected chi connectivity index (χ1v) is 6.17.